The van der Waals surface area contributed by atoms with Crippen LogP contribution in [0.1, 0.15) is 6.42 Å². The molecule has 0 bridgehead atoms. The van der Waals surface area contributed by atoms with Crippen molar-refractivity contribution in [3.05, 3.63) is 11.4 Å². The number of rotatable bonds is 6. The molecule has 0 spiro atoms. The van der Waals surface area contributed by atoms with E-state index in [-0.39, 0.29) is 4.75 Å². The zero-order chi connectivity index (χ0) is 9.45. The van der Waals surface area contributed by atoms with Gasteiger partial charge in [-0.1, -0.05) is 0 Å². The smallest absolute Gasteiger partial charge is 0.216 e. The van der Waals surface area contributed by atoms with Crippen LogP contribution in [0.3, 0.4) is 0 Å². The molecule has 70 valence electrons. The molecule has 0 atom stereocenters. The van der Waals surface area contributed by atoms with Crippen molar-refractivity contribution in [1.29, 1.82) is 0 Å². The molecule has 0 aromatic rings. The highest BCUT2D eigenvalue weighted by Gasteiger charge is 2.26. The Hall–Kier alpha value is -0.240. The third-order valence-corrected chi connectivity index (χ3v) is 2.00. The molecule has 0 amide bonds. The van der Waals surface area contributed by atoms with Crippen molar-refractivity contribution >= 4 is 12.6 Å². The van der Waals surface area contributed by atoms with Gasteiger partial charge < -0.3 is 14.3 Å². The van der Waals surface area contributed by atoms with Gasteiger partial charge in [0.05, 0.1) is 18.0 Å². The molecule has 3 nitrogen and oxygen atoms in total. The molecule has 4 heteroatoms. The molecule has 0 aromatic heterocycles. The second kappa shape index (κ2) is 6.30. The number of hydrogen-bond acceptors (Lipinski definition) is 3. The summed E-state index contributed by atoms with van der Waals surface area (Å²) in [7, 11) is 3.25. The Kier molecular flexibility index (Phi) is 6.17. The lowest BCUT2D eigenvalue weighted by molar-refractivity contribution is 0.102. The summed E-state index contributed by atoms with van der Waals surface area (Å²) < 4.78 is 9.68. The lowest BCUT2D eigenvalue weighted by Gasteiger charge is -2.24. The van der Waals surface area contributed by atoms with Gasteiger partial charge in [-0.25, -0.2) is 6.57 Å². The van der Waals surface area contributed by atoms with Gasteiger partial charge in [-0.05, 0) is 0 Å². The predicted molar refractivity (Wildman–Crippen MR) is 51.6 cm³/mol. The Bertz CT molecular complexity index is 150. The molecule has 0 aliphatic heterocycles. The molecule has 0 aromatic carbocycles. The minimum Gasteiger partial charge on any atom is -0.383 e. The fourth-order valence-electron chi connectivity index (χ4n) is 0.987. The molecule has 0 rings (SSSR count). The highest BCUT2D eigenvalue weighted by molar-refractivity contribution is 7.81. The minimum absolute atomic E-state index is 0.311. The molecule has 12 heavy (non-hydrogen) atoms. The van der Waals surface area contributed by atoms with Crippen molar-refractivity contribution in [2.75, 3.05) is 34.0 Å². The second-order valence-corrected chi connectivity index (χ2v) is 3.67. The van der Waals surface area contributed by atoms with Crippen molar-refractivity contribution in [2.45, 2.75) is 11.2 Å². The fourth-order valence-corrected chi connectivity index (χ4v) is 1.35. The van der Waals surface area contributed by atoms with Crippen LogP contribution in [0.5, 0.6) is 0 Å². The third kappa shape index (κ3) is 4.60. The number of methoxy groups -OCH3 is 2. The van der Waals surface area contributed by atoms with E-state index in [1.807, 2.05) is 0 Å². The van der Waals surface area contributed by atoms with Crippen molar-refractivity contribution in [3.63, 3.8) is 0 Å². The Morgan fingerprint density at radius 1 is 1.33 bits per heavy atom. The lowest BCUT2D eigenvalue weighted by Crippen LogP contribution is -2.33. The monoisotopic (exact) mass is 189 g/mol. The predicted octanol–water partition coefficient (Wildman–Crippen LogP) is 1.26. The van der Waals surface area contributed by atoms with Gasteiger partial charge in [-0.15, -0.1) is 0 Å². The number of thiol groups is 1. The average molecular weight is 189 g/mol. The molecule has 0 heterocycles. The summed E-state index contributed by atoms with van der Waals surface area (Å²) in [6.45, 7) is 8.15. The normalized spacial score (nSPS) is 11.2. The molecule has 0 N–H and O–H groups in total. The van der Waals surface area contributed by atoms with Crippen LogP contribution in [0.4, 0.5) is 0 Å². The summed E-state index contributed by atoms with van der Waals surface area (Å²) in [5.74, 6) is 0. The van der Waals surface area contributed by atoms with Crippen LogP contribution < -0.4 is 0 Å². The van der Waals surface area contributed by atoms with Crippen LogP contribution in [-0.4, -0.2) is 38.7 Å². The zero-order valence-corrected chi connectivity index (χ0v) is 8.43. The molecule has 0 aliphatic carbocycles. The number of nitrogens with zero attached hydrogens (tertiary/aromatic N) is 1. The maximum Gasteiger partial charge on any atom is 0.216 e. The van der Waals surface area contributed by atoms with Gasteiger partial charge in [-0.3, -0.25) is 0 Å². The fraction of sp³-hybridized carbons (Fsp3) is 0.875. The standard InChI is InChI=1S/C8H15NO2S/c1-9-5-4-8(12,6-10-2)7-11-3/h12H,4-7H2,2-3H3. The first-order chi connectivity index (χ1) is 5.68. The highest BCUT2D eigenvalue weighted by Crippen LogP contribution is 2.20. The Labute approximate surface area is 79.3 Å². The highest BCUT2D eigenvalue weighted by atomic mass is 32.1. The molecular weight excluding hydrogens is 174 g/mol. The van der Waals surface area contributed by atoms with Gasteiger partial charge in [0.25, 0.3) is 0 Å². The van der Waals surface area contributed by atoms with Gasteiger partial charge in [0.1, 0.15) is 0 Å². The molecule has 0 radical (unpaired) electrons. The Morgan fingerprint density at radius 3 is 2.17 bits per heavy atom. The second-order valence-electron chi connectivity index (χ2n) is 2.72. The van der Waals surface area contributed by atoms with E-state index in [9.17, 15) is 0 Å². The van der Waals surface area contributed by atoms with Crippen molar-refractivity contribution < 1.29 is 9.47 Å². The van der Waals surface area contributed by atoms with E-state index in [1.54, 1.807) is 14.2 Å². The van der Waals surface area contributed by atoms with E-state index in [4.69, 9.17) is 16.0 Å². The molecular formula is C8H15NO2S. The summed E-state index contributed by atoms with van der Waals surface area (Å²) in [4.78, 5) is 3.28. The topological polar surface area (TPSA) is 22.8 Å². The van der Waals surface area contributed by atoms with Crippen molar-refractivity contribution in [2.24, 2.45) is 0 Å². The largest absolute Gasteiger partial charge is 0.383 e. The average Bonchev–Trinajstić information content (AvgIpc) is 2.02. The summed E-state index contributed by atoms with van der Waals surface area (Å²) in [5, 5.41) is 0. The van der Waals surface area contributed by atoms with Crippen molar-refractivity contribution in [3.8, 4) is 0 Å². The first kappa shape index (κ1) is 11.8. The van der Waals surface area contributed by atoms with Gasteiger partial charge in [0.15, 0.2) is 0 Å². The Balaban J connectivity index is 3.90. The molecule has 0 fully saturated rings. The molecule has 0 saturated heterocycles. The van der Waals surface area contributed by atoms with Crippen LogP contribution in [0.25, 0.3) is 4.85 Å². The molecule has 0 aliphatic rings. The van der Waals surface area contributed by atoms with Gasteiger partial charge >= 0.3 is 0 Å². The third-order valence-electron chi connectivity index (χ3n) is 1.51. The maximum atomic E-state index is 6.66. The van der Waals surface area contributed by atoms with Crippen molar-refractivity contribution in [1.82, 2.24) is 0 Å². The first-order valence-electron chi connectivity index (χ1n) is 3.72. The van der Waals surface area contributed by atoms with E-state index in [2.05, 4.69) is 17.5 Å². The van der Waals surface area contributed by atoms with E-state index in [1.165, 1.54) is 0 Å². The summed E-state index contributed by atoms with van der Waals surface area (Å²) in [5.41, 5.74) is 0. The first-order valence-corrected chi connectivity index (χ1v) is 4.17. The van der Waals surface area contributed by atoms with E-state index >= 15 is 0 Å². The quantitative estimate of drug-likeness (QED) is 0.502. The summed E-state index contributed by atoms with van der Waals surface area (Å²) >= 11 is 4.42. The van der Waals surface area contributed by atoms with Gasteiger partial charge in [-0.2, -0.15) is 12.6 Å². The molecule has 0 unspecified atom stereocenters. The minimum atomic E-state index is -0.311. The van der Waals surface area contributed by atoms with Crippen LogP contribution >= 0.6 is 12.6 Å². The van der Waals surface area contributed by atoms with Crippen LogP contribution in [0, 0.1) is 6.57 Å². The lowest BCUT2D eigenvalue weighted by atomic mass is 10.1. The van der Waals surface area contributed by atoms with Gasteiger partial charge in [0, 0.05) is 20.6 Å². The summed E-state index contributed by atoms with van der Waals surface area (Å²) in [6, 6.07) is 0. The van der Waals surface area contributed by atoms with Crippen LogP contribution in [0.2, 0.25) is 0 Å². The van der Waals surface area contributed by atoms with Gasteiger partial charge in [0.2, 0.25) is 6.54 Å². The van der Waals surface area contributed by atoms with Crippen LogP contribution in [0.15, 0.2) is 0 Å². The van der Waals surface area contributed by atoms with Crippen LogP contribution in [-0.2, 0) is 9.47 Å². The maximum absolute atomic E-state index is 6.66. The summed E-state index contributed by atoms with van der Waals surface area (Å²) in [6.07, 6.45) is 0.696. The van der Waals surface area contributed by atoms with E-state index < -0.39 is 0 Å². The Morgan fingerprint density at radius 2 is 1.83 bits per heavy atom. The molecule has 0 saturated carbocycles. The van der Waals surface area contributed by atoms with E-state index in [0.717, 1.165) is 0 Å². The number of ether oxygens (including phenoxy) is 2. The zero-order valence-electron chi connectivity index (χ0n) is 7.54. The SMILES string of the molecule is [C-]#[N+]CCC(S)(COC)COC. The number of hydrogen-bond donors (Lipinski definition) is 1. The van der Waals surface area contributed by atoms with E-state index in [0.29, 0.717) is 26.2 Å².